The topological polar surface area (TPSA) is 76.4 Å². The molecule has 0 aliphatic carbocycles. The molecule has 1 unspecified atom stereocenters. The van der Waals surface area contributed by atoms with E-state index in [2.05, 4.69) is 21.2 Å². The van der Waals surface area contributed by atoms with Gasteiger partial charge in [-0.05, 0) is 36.8 Å². The lowest BCUT2D eigenvalue weighted by atomic mass is 10.2. The fraction of sp³-hybridized carbons (Fsp3) is 0.312. The number of hydrogen-bond donors (Lipinski definition) is 1. The molecule has 1 amide bonds. The molecule has 2 aromatic rings. The zero-order chi connectivity index (χ0) is 16.9. The minimum Gasteiger partial charge on any atom is -0.469 e. The van der Waals surface area contributed by atoms with E-state index in [9.17, 15) is 13.2 Å². The van der Waals surface area contributed by atoms with Gasteiger partial charge in [-0.15, -0.1) is 0 Å². The van der Waals surface area contributed by atoms with Crippen LogP contribution in [0.25, 0.3) is 0 Å². The Hall–Kier alpha value is -1.60. The van der Waals surface area contributed by atoms with Crippen molar-refractivity contribution in [1.29, 1.82) is 0 Å². The lowest BCUT2D eigenvalue weighted by Crippen LogP contribution is -2.38. The molecule has 2 rings (SSSR count). The molecular weight excluding hydrogens is 382 g/mol. The second-order valence-electron chi connectivity index (χ2n) is 5.41. The lowest BCUT2D eigenvalue weighted by Gasteiger charge is -2.12. The average Bonchev–Trinajstić information content (AvgIpc) is 2.89. The van der Waals surface area contributed by atoms with Crippen LogP contribution in [-0.4, -0.2) is 26.1 Å². The van der Waals surface area contributed by atoms with Gasteiger partial charge in [0.25, 0.3) is 0 Å². The Bertz CT molecular complexity index is 756. The quantitative estimate of drug-likeness (QED) is 0.776. The third-order valence-corrected chi connectivity index (χ3v) is 5.09. The number of amides is 1. The van der Waals surface area contributed by atoms with Gasteiger partial charge in [-0.2, -0.15) is 0 Å². The summed E-state index contributed by atoms with van der Waals surface area (Å²) in [5.41, 5.74) is 0.649. The molecule has 1 atom stereocenters. The maximum absolute atomic E-state index is 12.1. The van der Waals surface area contributed by atoms with Crippen LogP contribution in [0, 0.1) is 0 Å². The zero-order valence-electron chi connectivity index (χ0n) is 12.7. The van der Waals surface area contributed by atoms with Crippen molar-refractivity contribution in [1.82, 2.24) is 5.32 Å². The first kappa shape index (κ1) is 17.7. The van der Waals surface area contributed by atoms with E-state index in [4.69, 9.17) is 4.42 Å². The molecule has 1 N–H and O–H groups in total. The van der Waals surface area contributed by atoms with Crippen molar-refractivity contribution in [3.05, 3.63) is 58.5 Å². The number of carbonyl (C=O) groups excluding carboxylic acids is 1. The maximum atomic E-state index is 12.1. The first-order valence-electron chi connectivity index (χ1n) is 7.11. The summed E-state index contributed by atoms with van der Waals surface area (Å²) >= 11 is 3.30. The van der Waals surface area contributed by atoms with Gasteiger partial charge in [-0.1, -0.05) is 28.1 Å². The highest BCUT2D eigenvalue weighted by Gasteiger charge is 2.19. The average molecular weight is 400 g/mol. The smallest absolute Gasteiger partial charge is 0.235 e. The van der Waals surface area contributed by atoms with Crippen molar-refractivity contribution in [3.63, 3.8) is 0 Å². The van der Waals surface area contributed by atoms with Gasteiger partial charge in [0.2, 0.25) is 5.91 Å². The number of carbonyl (C=O) groups is 1. The molecule has 0 saturated carbocycles. The third-order valence-electron chi connectivity index (χ3n) is 3.12. The molecule has 0 spiro atoms. The molecule has 0 aliphatic heterocycles. The van der Waals surface area contributed by atoms with Gasteiger partial charge < -0.3 is 9.73 Å². The Morgan fingerprint density at radius 2 is 2.09 bits per heavy atom. The molecule has 124 valence electrons. The Morgan fingerprint density at radius 3 is 2.74 bits per heavy atom. The van der Waals surface area contributed by atoms with Gasteiger partial charge in [0.1, 0.15) is 11.5 Å². The number of rotatable bonds is 7. The number of nitrogens with one attached hydrogen (secondary N) is 1. The Balaban J connectivity index is 1.88. The molecule has 1 aromatic carbocycles. The molecule has 0 radical (unpaired) electrons. The molecule has 7 heteroatoms. The lowest BCUT2D eigenvalue weighted by molar-refractivity contribution is -0.119. The van der Waals surface area contributed by atoms with Crippen LogP contribution in [0.1, 0.15) is 18.2 Å². The van der Waals surface area contributed by atoms with Crippen LogP contribution in [0.15, 0.2) is 51.6 Å². The van der Waals surface area contributed by atoms with E-state index in [0.29, 0.717) is 12.0 Å². The highest BCUT2D eigenvalue weighted by atomic mass is 79.9. The minimum atomic E-state index is -3.51. The van der Waals surface area contributed by atoms with Crippen molar-refractivity contribution in [3.8, 4) is 0 Å². The Labute approximate surface area is 144 Å². The van der Waals surface area contributed by atoms with E-state index >= 15 is 0 Å². The van der Waals surface area contributed by atoms with Gasteiger partial charge in [-0.25, -0.2) is 8.42 Å². The Morgan fingerprint density at radius 1 is 1.30 bits per heavy atom. The van der Waals surface area contributed by atoms with Crippen LogP contribution >= 0.6 is 15.9 Å². The molecule has 0 bridgehead atoms. The zero-order valence-corrected chi connectivity index (χ0v) is 15.1. The summed E-state index contributed by atoms with van der Waals surface area (Å²) in [5, 5.41) is 2.68. The number of sulfone groups is 1. The summed E-state index contributed by atoms with van der Waals surface area (Å²) in [6, 6.07) is 10.4. The summed E-state index contributed by atoms with van der Waals surface area (Å²) in [7, 11) is -3.51. The second-order valence-corrected chi connectivity index (χ2v) is 8.39. The van der Waals surface area contributed by atoms with Crippen molar-refractivity contribution in [2.75, 3.05) is 5.75 Å². The van der Waals surface area contributed by atoms with E-state index in [1.54, 1.807) is 37.5 Å². The van der Waals surface area contributed by atoms with Crippen molar-refractivity contribution in [2.24, 2.45) is 0 Å². The number of halogens is 1. The van der Waals surface area contributed by atoms with Crippen LogP contribution in [0.4, 0.5) is 0 Å². The maximum Gasteiger partial charge on any atom is 0.235 e. The van der Waals surface area contributed by atoms with Crippen LogP contribution in [0.3, 0.4) is 0 Å². The monoisotopic (exact) mass is 399 g/mol. The van der Waals surface area contributed by atoms with E-state index in [0.717, 1.165) is 10.2 Å². The highest BCUT2D eigenvalue weighted by molar-refractivity contribution is 9.10. The van der Waals surface area contributed by atoms with E-state index in [1.807, 2.05) is 12.1 Å². The van der Waals surface area contributed by atoms with Crippen molar-refractivity contribution < 1.29 is 17.6 Å². The minimum absolute atomic E-state index is 0.160. The molecular formula is C16H18BrNO4S. The van der Waals surface area contributed by atoms with E-state index in [-0.39, 0.29) is 11.8 Å². The third kappa shape index (κ3) is 6.19. The largest absolute Gasteiger partial charge is 0.469 e. The fourth-order valence-electron chi connectivity index (χ4n) is 2.23. The predicted molar refractivity (Wildman–Crippen MR) is 91.6 cm³/mol. The van der Waals surface area contributed by atoms with Crippen molar-refractivity contribution >= 4 is 31.7 Å². The van der Waals surface area contributed by atoms with Crippen LogP contribution < -0.4 is 5.32 Å². The summed E-state index contributed by atoms with van der Waals surface area (Å²) in [6.45, 7) is 1.81. The normalized spacial score (nSPS) is 12.8. The van der Waals surface area contributed by atoms with Gasteiger partial charge in [0.15, 0.2) is 9.84 Å². The fourth-order valence-corrected chi connectivity index (χ4v) is 3.95. The van der Waals surface area contributed by atoms with Crippen LogP contribution in [0.2, 0.25) is 0 Å². The first-order chi connectivity index (χ1) is 10.8. The number of furan rings is 1. The number of benzene rings is 1. The van der Waals surface area contributed by atoms with Crippen LogP contribution in [-0.2, 0) is 26.8 Å². The second kappa shape index (κ2) is 7.79. The van der Waals surface area contributed by atoms with Gasteiger partial charge in [0, 0.05) is 16.9 Å². The predicted octanol–water partition coefficient (Wildman–Crippen LogP) is 2.70. The highest BCUT2D eigenvalue weighted by Crippen LogP contribution is 2.14. The number of hydrogen-bond acceptors (Lipinski definition) is 4. The van der Waals surface area contributed by atoms with Gasteiger partial charge in [-0.3, -0.25) is 4.79 Å². The summed E-state index contributed by atoms with van der Waals surface area (Å²) in [6.07, 6.45) is 2.08. The van der Waals surface area contributed by atoms with Crippen molar-refractivity contribution in [2.45, 2.75) is 25.1 Å². The SMILES string of the molecule is CC(Cc1ccco1)NC(=O)CS(=O)(=O)Cc1cccc(Br)c1. The van der Waals surface area contributed by atoms with E-state index < -0.39 is 21.5 Å². The molecule has 1 heterocycles. The van der Waals surface area contributed by atoms with Gasteiger partial charge >= 0.3 is 0 Å². The molecule has 0 saturated heterocycles. The Kier molecular flexibility index (Phi) is 6.01. The van der Waals surface area contributed by atoms with E-state index in [1.165, 1.54) is 0 Å². The summed E-state index contributed by atoms with van der Waals surface area (Å²) in [4.78, 5) is 11.9. The summed E-state index contributed by atoms with van der Waals surface area (Å²) in [5.74, 6) is -0.442. The molecule has 0 fully saturated rings. The molecule has 0 aliphatic rings. The molecule has 5 nitrogen and oxygen atoms in total. The first-order valence-corrected chi connectivity index (χ1v) is 9.72. The molecule has 1 aromatic heterocycles. The standard InChI is InChI=1S/C16H18BrNO4S/c1-12(8-15-6-3-7-22-15)18-16(19)11-23(20,21)10-13-4-2-5-14(17)9-13/h2-7,9,12H,8,10-11H2,1H3,(H,18,19). The summed E-state index contributed by atoms with van der Waals surface area (Å²) < 4.78 is 30.3. The van der Waals surface area contributed by atoms with Crippen LogP contribution in [0.5, 0.6) is 0 Å². The van der Waals surface area contributed by atoms with Gasteiger partial charge in [0.05, 0.1) is 12.0 Å². The molecule has 23 heavy (non-hydrogen) atoms.